The standard InChI is InChI=1S/C12H15NO2.ClH/c14-10-2-1-9-3-4-12(5-6-13-8-12)15-11(9)7-10;/h1-2,7,13-14H,3-6,8H2;1H. The number of ether oxygens (including phenoxy) is 1. The number of phenols is 1. The van der Waals surface area contributed by atoms with Crippen molar-refractivity contribution >= 4 is 12.4 Å². The second-order valence-electron chi connectivity index (χ2n) is 4.50. The van der Waals surface area contributed by atoms with Crippen LogP contribution < -0.4 is 10.1 Å². The molecule has 1 aromatic carbocycles. The van der Waals surface area contributed by atoms with E-state index in [-0.39, 0.29) is 23.8 Å². The molecule has 2 heterocycles. The van der Waals surface area contributed by atoms with Gasteiger partial charge in [-0.05, 0) is 31.0 Å². The fraction of sp³-hybridized carbons (Fsp3) is 0.500. The van der Waals surface area contributed by atoms with E-state index in [4.69, 9.17) is 4.74 Å². The van der Waals surface area contributed by atoms with Crippen LogP contribution >= 0.6 is 12.4 Å². The molecule has 1 saturated heterocycles. The van der Waals surface area contributed by atoms with Crippen LogP contribution in [0, 0.1) is 0 Å². The second kappa shape index (κ2) is 4.15. The zero-order chi connectivity index (χ0) is 10.3. The van der Waals surface area contributed by atoms with Crippen molar-refractivity contribution in [3.8, 4) is 11.5 Å². The number of halogens is 1. The number of aryl methyl sites for hydroxylation is 1. The van der Waals surface area contributed by atoms with Crippen molar-refractivity contribution in [3.63, 3.8) is 0 Å². The first kappa shape index (κ1) is 11.6. The molecule has 1 spiro atoms. The SMILES string of the molecule is Cl.Oc1ccc2c(c1)OC1(CCNC1)CC2. The molecule has 0 bridgehead atoms. The Morgan fingerprint density at radius 3 is 2.94 bits per heavy atom. The van der Waals surface area contributed by atoms with Crippen molar-refractivity contribution in [1.82, 2.24) is 5.32 Å². The maximum absolute atomic E-state index is 9.42. The van der Waals surface area contributed by atoms with Gasteiger partial charge in [0.1, 0.15) is 17.1 Å². The highest BCUT2D eigenvalue weighted by Gasteiger charge is 2.38. The number of rotatable bonds is 0. The van der Waals surface area contributed by atoms with E-state index in [9.17, 15) is 5.11 Å². The van der Waals surface area contributed by atoms with Crippen LogP contribution in [0.3, 0.4) is 0 Å². The summed E-state index contributed by atoms with van der Waals surface area (Å²) in [4.78, 5) is 0. The van der Waals surface area contributed by atoms with Crippen molar-refractivity contribution < 1.29 is 9.84 Å². The van der Waals surface area contributed by atoms with Crippen molar-refractivity contribution in [2.75, 3.05) is 13.1 Å². The quantitative estimate of drug-likeness (QED) is 0.729. The number of hydrogen-bond donors (Lipinski definition) is 2. The molecule has 0 amide bonds. The Hall–Kier alpha value is -0.930. The first-order valence-electron chi connectivity index (χ1n) is 5.49. The zero-order valence-corrected chi connectivity index (χ0v) is 9.85. The predicted octanol–water partition coefficient (Wildman–Crippen LogP) is 1.87. The van der Waals surface area contributed by atoms with Gasteiger partial charge >= 0.3 is 0 Å². The lowest BCUT2D eigenvalue weighted by Gasteiger charge is -2.35. The third kappa shape index (κ3) is 1.85. The summed E-state index contributed by atoms with van der Waals surface area (Å²) in [6.07, 6.45) is 3.21. The topological polar surface area (TPSA) is 41.5 Å². The lowest BCUT2D eigenvalue weighted by Crippen LogP contribution is -2.41. The summed E-state index contributed by atoms with van der Waals surface area (Å²) in [5.41, 5.74) is 1.20. The molecule has 0 aromatic heterocycles. The molecule has 2 aliphatic heterocycles. The van der Waals surface area contributed by atoms with Crippen LogP contribution in [0.1, 0.15) is 18.4 Å². The van der Waals surface area contributed by atoms with E-state index in [1.54, 1.807) is 12.1 Å². The number of benzene rings is 1. The summed E-state index contributed by atoms with van der Waals surface area (Å²) in [5.74, 6) is 1.15. The average molecular weight is 242 g/mol. The Morgan fingerprint density at radius 2 is 2.19 bits per heavy atom. The molecule has 1 fully saturated rings. The highest BCUT2D eigenvalue weighted by molar-refractivity contribution is 5.85. The van der Waals surface area contributed by atoms with Crippen molar-refractivity contribution in [1.29, 1.82) is 0 Å². The highest BCUT2D eigenvalue weighted by Crippen LogP contribution is 2.38. The summed E-state index contributed by atoms with van der Waals surface area (Å²) in [7, 11) is 0. The molecule has 4 heteroatoms. The molecular formula is C12H16ClNO2. The molecular weight excluding hydrogens is 226 g/mol. The van der Waals surface area contributed by atoms with E-state index < -0.39 is 0 Å². The summed E-state index contributed by atoms with van der Waals surface area (Å²) in [6, 6.07) is 5.42. The average Bonchev–Trinajstić information content (AvgIpc) is 2.66. The third-order valence-electron chi connectivity index (χ3n) is 3.43. The molecule has 0 aliphatic carbocycles. The van der Waals surface area contributed by atoms with E-state index in [2.05, 4.69) is 5.32 Å². The maximum atomic E-state index is 9.42. The first-order valence-corrected chi connectivity index (χ1v) is 5.49. The summed E-state index contributed by atoms with van der Waals surface area (Å²) >= 11 is 0. The molecule has 1 unspecified atom stereocenters. The van der Waals surface area contributed by atoms with Gasteiger partial charge in [0.2, 0.25) is 0 Å². The Bertz CT molecular complexity index is 389. The van der Waals surface area contributed by atoms with Crippen LogP contribution in [0.2, 0.25) is 0 Å². The number of nitrogens with one attached hydrogen (secondary N) is 1. The van der Waals surface area contributed by atoms with Crippen LogP contribution in [-0.2, 0) is 6.42 Å². The lowest BCUT2D eigenvalue weighted by molar-refractivity contribution is 0.0662. The van der Waals surface area contributed by atoms with Gasteiger partial charge in [0.15, 0.2) is 0 Å². The fourth-order valence-corrected chi connectivity index (χ4v) is 2.51. The third-order valence-corrected chi connectivity index (χ3v) is 3.43. The maximum Gasteiger partial charge on any atom is 0.127 e. The van der Waals surface area contributed by atoms with Gasteiger partial charge in [-0.3, -0.25) is 0 Å². The van der Waals surface area contributed by atoms with Crippen LogP contribution in [0.4, 0.5) is 0 Å². The van der Waals surface area contributed by atoms with Gasteiger partial charge in [-0.15, -0.1) is 12.4 Å². The molecule has 0 radical (unpaired) electrons. The molecule has 3 rings (SSSR count). The van der Waals surface area contributed by atoms with Crippen LogP contribution in [0.5, 0.6) is 11.5 Å². The number of phenolic OH excluding ortho intramolecular Hbond substituents is 1. The van der Waals surface area contributed by atoms with Crippen molar-refractivity contribution in [2.45, 2.75) is 24.9 Å². The summed E-state index contributed by atoms with van der Waals surface area (Å²) in [6.45, 7) is 1.97. The highest BCUT2D eigenvalue weighted by atomic mass is 35.5. The van der Waals surface area contributed by atoms with E-state index in [1.807, 2.05) is 6.07 Å². The van der Waals surface area contributed by atoms with E-state index in [0.29, 0.717) is 0 Å². The summed E-state index contributed by atoms with van der Waals surface area (Å²) in [5, 5.41) is 12.8. The van der Waals surface area contributed by atoms with Crippen LogP contribution in [0.25, 0.3) is 0 Å². The number of aromatic hydroxyl groups is 1. The fourth-order valence-electron chi connectivity index (χ4n) is 2.51. The largest absolute Gasteiger partial charge is 0.508 e. The van der Waals surface area contributed by atoms with E-state index >= 15 is 0 Å². The van der Waals surface area contributed by atoms with Crippen LogP contribution in [0.15, 0.2) is 18.2 Å². The smallest absolute Gasteiger partial charge is 0.127 e. The Balaban J connectivity index is 0.000000963. The Kier molecular flexibility index (Phi) is 3.00. The number of hydrogen-bond acceptors (Lipinski definition) is 3. The molecule has 2 N–H and O–H groups in total. The Morgan fingerprint density at radius 1 is 1.31 bits per heavy atom. The van der Waals surface area contributed by atoms with Gasteiger partial charge in [-0.2, -0.15) is 0 Å². The lowest BCUT2D eigenvalue weighted by atomic mass is 9.90. The minimum atomic E-state index is -0.0131. The molecule has 16 heavy (non-hydrogen) atoms. The molecule has 88 valence electrons. The first-order chi connectivity index (χ1) is 7.27. The Labute approximate surface area is 101 Å². The second-order valence-corrected chi connectivity index (χ2v) is 4.50. The van der Waals surface area contributed by atoms with Crippen molar-refractivity contribution in [3.05, 3.63) is 23.8 Å². The normalized spacial score (nSPS) is 27.0. The number of fused-ring (bicyclic) bond motifs is 1. The minimum Gasteiger partial charge on any atom is -0.508 e. The van der Waals surface area contributed by atoms with Gasteiger partial charge in [-0.1, -0.05) is 6.07 Å². The zero-order valence-electron chi connectivity index (χ0n) is 9.03. The molecule has 0 saturated carbocycles. The monoisotopic (exact) mass is 241 g/mol. The van der Waals surface area contributed by atoms with Crippen molar-refractivity contribution in [2.24, 2.45) is 0 Å². The summed E-state index contributed by atoms with van der Waals surface area (Å²) < 4.78 is 6.04. The predicted molar refractivity (Wildman–Crippen MR) is 64.5 cm³/mol. The molecule has 3 nitrogen and oxygen atoms in total. The van der Waals surface area contributed by atoms with Gasteiger partial charge < -0.3 is 15.2 Å². The van der Waals surface area contributed by atoms with Crippen LogP contribution in [-0.4, -0.2) is 23.8 Å². The van der Waals surface area contributed by atoms with Gasteiger partial charge in [-0.25, -0.2) is 0 Å². The molecule has 1 atom stereocenters. The van der Waals surface area contributed by atoms with Gasteiger partial charge in [0.05, 0.1) is 0 Å². The van der Waals surface area contributed by atoms with Gasteiger partial charge in [0.25, 0.3) is 0 Å². The molecule has 2 aliphatic rings. The van der Waals surface area contributed by atoms with E-state index in [0.717, 1.165) is 38.1 Å². The molecule has 1 aromatic rings. The van der Waals surface area contributed by atoms with E-state index in [1.165, 1.54) is 5.56 Å². The van der Waals surface area contributed by atoms with Gasteiger partial charge in [0, 0.05) is 19.0 Å². The minimum absolute atomic E-state index is 0.